The summed E-state index contributed by atoms with van der Waals surface area (Å²) >= 11 is 0. The highest BCUT2D eigenvalue weighted by atomic mass is 32.2. The summed E-state index contributed by atoms with van der Waals surface area (Å²) in [6.45, 7) is 0. The van der Waals surface area contributed by atoms with Crippen LogP contribution in [-0.4, -0.2) is 39.8 Å². The number of sulfone groups is 1. The van der Waals surface area contributed by atoms with E-state index < -0.39 is 15.8 Å². The Morgan fingerprint density at radius 1 is 1.31 bits per heavy atom. The molecular formula is C10H13NO4S. The van der Waals surface area contributed by atoms with Crippen molar-refractivity contribution in [3.05, 3.63) is 23.8 Å². The molecule has 0 saturated heterocycles. The summed E-state index contributed by atoms with van der Waals surface area (Å²) in [5.74, 6) is -1.08. The fourth-order valence-electron chi connectivity index (χ4n) is 1.31. The van der Waals surface area contributed by atoms with Crippen LogP contribution in [0.3, 0.4) is 0 Å². The molecule has 0 spiro atoms. The van der Waals surface area contributed by atoms with Crippen LogP contribution < -0.4 is 4.90 Å². The van der Waals surface area contributed by atoms with Crippen molar-refractivity contribution in [3.8, 4) is 0 Å². The van der Waals surface area contributed by atoms with Crippen molar-refractivity contribution < 1.29 is 18.3 Å². The second-order valence-electron chi connectivity index (χ2n) is 3.65. The fraction of sp³-hybridized carbons (Fsp3) is 0.300. The van der Waals surface area contributed by atoms with Gasteiger partial charge in [0, 0.05) is 20.4 Å². The molecule has 0 saturated carbocycles. The molecule has 0 fully saturated rings. The van der Waals surface area contributed by atoms with Crippen LogP contribution in [0.5, 0.6) is 0 Å². The van der Waals surface area contributed by atoms with Crippen molar-refractivity contribution in [2.75, 3.05) is 25.3 Å². The van der Waals surface area contributed by atoms with Crippen LogP contribution in [-0.2, 0) is 9.84 Å². The number of benzene rings is 1. The van der Waals surface area contributed by atoms with Crippen molar-refractivity contribution >= 4 is 21.5 Å². The van der Waals surface area contributed by atoms with Crippen LogP contribution >= 0.6 is 0 Å². The predicted octanol–water partition coefficient (Wildman–Crippen LogP) is 0.854. The number of carboxylic acid groups (broad SMARTS) is 1. The van der Waals surface area contributed by atoms with Crippen LogP contribution in [0.2, 0.25) is 0 Å². The minimum atomic E-state index is -3.36. The minimum Gasteiger partial charge on any atom is -0.478 e. The van der Waals surface area contributed by atoms with Gasteiger partial charge in [0.15, 0.2) is 9.84 Å². The average Bonchev–Trinajstić information content (AvgIpc) is 2.15. The minimum absolute atomic E-state index is 0.0658. The Balaban J connectivity index is 3.49. The van der Waals surface area contributed by atoms with Gasteiger partial charge in [-0.15, -0.1) is 0 Å². The molecule has 5 nitrogen and oxygen atoms in total. The lowest BCUT2D eigenvalue weighted by Gasteiger charge is -2.16. The van der Waals surface area contributed by atoms with Crippen molar-refractivity contribution in [1.82, 2.24) is 0 Å². The molecule has 1 aromatic carbocycles. The lowest BCUT2D eigenvalue weighted by atomic mass is 10.2. The van der Waals surface area contributed by atoms with E-state index in [4.69, 9.17) is 5.11 Å². The average molecular weight is 243 g/mol. The molecule has 88 valence electrons. The summed E-state index contributed by atoms with van der Waals surface area (Å²) < 4.78 is 22.9. The van der Waals surface area contributed by atoms with E-state index in [0.29, 0.717) is 5.69 Å². The molecule has 0 unspecified atom stereocenters. The van der Waals surface area contributed by atoms with E-state index in [-0.39, 0.29) is 10.5 Å². The lowest BCUT2D eigenvalue weighted by molar-refractivity contribution is 0.0697. The van der Waals surface area contributed by atoms with Gasteiger partial charge in [0.25, 0.3) is 0 Å². The summed E-state index contributed by atoms with van der Waals surface area (Å²) in [5, 5.41) is 8.82. The Morgan fingerprint density at radius 3 is 2.25 bits per heavy atom. The molecule has 1 aromatic rings. The van der Waals surface area contributed by atoms with E-state index in [1.165, 1.54) is 18.2 Å². The highest BCUT2D eigenvalue weighted by molar-refractivity contribution is 7.90. The Hall–Kier alpha value is -1.56. The SMILES string of the molecule is CN(C)c1cc(C(=O)O)ccc1S(C)(=O)=O. The van der Waals surface area contributed by atoms with E-state index >= 15 is 0 Å². The van der Waals surface area contributed by atoms with Crippen LogP contribution in [0.1, 0.15) is 10.4 Å². The normalized spacial score (nSPS) is 11.2. The summed E-state index contributed by atoms with van der Waals surface area (Å²) in [7, 11) is -0.0309. The molecular weight excluding hydrogens is 230 g/mol. The number of anilines is 1. The fourth-order valence-corrected chi connectivity index (χ4v) is 2.25. The first-order valence-corrected chi connectivity index (χ1v) is 6.37. The van der Waals surface area contributed by atoms with Gasteiger partial charge in [-0.25, -0.2) is 13.2 Å². The highest BCUT2D eigenvalue weighted by Crippen LogP contribution is 2.25. The largest absolute Gasteiger partial charge is 0.478 e. The predicted molar refractivity (Wildman–Crippen MR) is 60.8 cm³/mol. The quantitative estimate of drug-likeness (QED) is 0.852. The summed E-state index contributed by atoms with van der Waals surface area (Å²) in [4.78, 5) is 12.5. The van der Waals surface area contributed by atoms with Gasteiger partial charge in [0.2, 0.25) is 0 Å². The van der Waals surface area contributed by atoms with Gasteiger partial charge < -0.3 is 10.0 Å². The second-order valence-corrected chi connectivity index (χ2v) is 5.64. The van der Waals surface area contributed by atoms with Crippen LogP contribution in [0.4, 0.5) is 5.69 Å². The number of nitrogens with zero attached hydrogens (tertiary/aromatic N) is 1. The third kappa shape index (κ3) is 2.52. The molecule has 0 radical (unpaired) electrons. The monoisotopic (exact) mass is 243 g/mol. The zero-order valence-electron chi connectivity index (χ0n) is 9.26. The molecule has 0 aliphatic heterocycles. The molecule has 0 aliphatic carbocycles. The maximum Gasteiger partial charge on any atom is 0.335 e. The van der Waals surface area contributed by atoms with Crippen LogP contribution in [0, 0.1) is 0 Å². The van der Waals surface area contributed by atoms with Crippen molar-refractivity contribution in [1.29, 1.82) is 0 Å². The zero-order valence-corrected chi connectivity index (χ0v) is 10.1. The van der Waals surface area contributed by atoms with E-state index in [1.807, 2.05) is 0 Å². The zero-order chi connectivity index (χ0) is 12.5. The number of hydrogen-bond donors (Lipinski definition) is 1. The maximum atomic E-state index is 11.5. The summed E-state index contributed by atoms with van der Waals surface area (Å²) in [5.41, 5.74) is 0.443. The number of hydrogen-bond acceptors (Lipinski definition) is 4. The number of aromatic carboxylic acids is 1. The molecule has 0 atom stereocenters. The maximum absolute atomic E-state index is 11.5. The van der Waals surface area contributed by atoms with E-state index in [2.05, 4.69) is 0 Å². The third-order valence-corrected chi connectivity index (χ3v) is 3.23. The number of rotatable bonds is 3. The summed E-state index contributed by atoms with van der Waals surface area (Å²) in [6.07, 6.45) is 1.09. The molecule has 1 rings (SSSR count). The molecule has 0 aliphatic rings. The highest BCUT2D eigenvalue weighted by Gasteiger charge is 2.16. The standard InChI is InChI=1S/C10H13NO4S/c1-11(2)8-6-7(10(12)13)4-5-9(8)16(3,14)15/h4-6H,1-3H3,(H,12,13). The topological polar surface area (TPSA) is 74.7 Å². The second kappa shape index (κ2) is 4.13. The Morgan fingerprint density at radius 2 is 1.88 bits per heavy atom. The van der Waals surface area contributed by atoms with Crippen molar-refractivity contribution in [3.63, 3.8) is 0 Å². The van der Waals surface area contributed by atoms with Crippen molar-refractivity contribution in [2.24, 2.45) is 0 Å². The lowest BCUT2D eigenvalue weighted by Crippen LogP contribution is -2.14. The molecule has 0 aromatic heterocycles. The van der Waals surface area contributed by atoms with Gasteiger partial charge in [-0.1, -0.05) is 0 Å². The molecule has 16 heavy (non-hydrogen) atoms. The first-order valence-electron chi connectivity index (χ1n) is 4.48. The Bertz CT molecular complexity index is 520. The molecule has 6 heteroatoms. The molecule has 0 bridgehead atoms. The van der Waals surface area contributed by atoms with Gasteiger partial charge in [-0.3, -0.25) is 0 Å². The van der Waals surface area contributed by atoms with Gasteiger partial charge >= 0.3 is 5.97 Å². The first kappa shape index (κ1) is 12.5. The van der Waals surface area contributed by atoms with Gasteiger partial charge in [0.1, 0.15) is 0 Å². The molecule has 0 heterocycles. The van der Waals surface area contributed by atoms with Crippen molar-refractivity contribution in [2.45, 2.75) is 4.90 Å². The molecule has 1 N–H and O–H groups in total. The van der Waals surface area contributed by atoms with E-state index in [1.54, 1.807) is 19.0 Å². The Kier molecular flexibility index (Phi) is 3.23. The smallest absolute Gasteiger partial charge is 0.335 e. The summed E-state index contributed by atoms with van der Waals surface area (Å²) in [6, 6.07) is 3.94. The van der Waals surface area contributed by atoms with E-state index in [9.17, 15) is 13.2 Å². The van der Waals surface area contributed by atoms with Crippen LogP contribution in [0.15, 0.2) is 23.1 Å². The van der Waals surface area contributed by atoms with Crippen LogP contribution in [0.25, 0.3) is 0 Å². The number of carboxylic acids is 1. The Labute approximate surface area is 94.2 Å². The van der Waals surface area contributed by atoms with Gasteiger partial charge in [-0.05, 0) is 18.2 Å². The van der Waals surface area contributed by atoms with E-state index in [0.717, 1.165) is 6.26 Å². The first-order chi connectivity index (χ1) is 7.23. The third-order valence-electron chi connectivity index (χ3n) is 2.09. The molecule has 0 amide bonds. The number of carbonyl (C=O) groups is 1. The van der Waals surface area contributed by atoms with Gasteiger partial charge in [-0.2, -0.15) is 0 Å². The van der Waals surface area contributed by atoms with Gasteiger partial charge in [0.05, 0.1) is 16.1 Å².